The summed E-state index contributed by atoms with van der Waals surface area (Å²) >= 11 is 0. The Hall–Kier alpha value is -3.81. The van der Waals surface area contributed by atoms with E-state index in [2.05, 4.69) is 30.0 Å². The van der Waals surface area contributed by atoms with Gasteiger partial charge in [-0.25, -0.2) is 9.97 Å². The van der Waals surface area contributed by atoms with Crippen LogP contribution in [-0.2, 0) is 0 Å². The Bertz CT molecular complexity index is 1310. The topological polar surface area (TPSA) is 90.5 Å². The van der Waals surface area contributed by atoms with Gasteiger partial charge in [0.15, 0.2) is 5.82 Å². The monoisotopic (exact) mass is 425 g/mol. The maximum atomic E-state index is 13.3. The lowest BCUT2D eigenvalue weighted by atomic mass is 10.1. The second-order valence-corrected chi connectivity index (χ2v) is 8.66. The van der Waals surface area contributed by atoms with Crippen LogP contribution in [0.2, 0.25) is 0 Å². The van der Waals surface area contributed by atoms with Crippen molar-refractivity contribution in [2.24, 2.45) is 0 Å². The zero-order valence-electron chi connectivity index (χ0n) is 17.8. The van der Waals surface area contributed by atoms with Gasteiger partial charge in [-0.1, -0.05) is 17.7 Å². The van der Waals surface area contributed by atoms with Crippen LogP contribution in [0.15, 0.2) is 55.2 Å². The molecule has 0 bridgehead atoms. The number of benzene rings is 1. The van der Waals surface area contributed by atoms with E-state index in [9.17, 15) is 4.79 Å². The van der Waals surface area contributed by atoms with E-state index in [4.69, 9.17) is 0 Å². The Morgan fingerprint density at radius 3 is 2.78 bits per heavy atom. The highest BCUT2D eigenvalue weighted by Crippen LogP contribution is 2.39. The molecule has 32 heavy (non-hydrogen) atoms. The molecule has 0 aliphatic heterocycles. The summed E-state index contributed by atoms with van der Waals surface area (Å²) in [5.74, 6) is 1.56. The summed E-state index contributed by atoms with van der Waals surface area (Å²) in [4.78, 5) is 22.4. The number of carbonyl (C=O) groups is 1. The van der Waals surface area contributed by atoms with Crippen LogP contribution in [0.1, 0.15) is 59.3 Å². The molecule has 1 N–H and O–H groups in total. The molecular formula is C24H23N7O. The second kappa shape index (κ2) is 7.40. The summed E-state index contributed by atoms with van der Waals surface area (Å²) in [7, 11) is 0. The van der Waals surface area contributed by atoms with Gasteiger partial charge in [-0.3, -0.25) is 4.79 Å². The van der Waals surface area contributed by atoms with Gasteiger partial charge in [0.25, 0.3) is 5.91 Å². The number of imidazole rings is 1. The molecular weight excluding hydrogens is 402 g/mol. The van der Waals surface area contributed by atoms with Crippen LogP contribution in [0.25, 0.3) is 17.2 Å². The first-order valence-corrected chi connectivity index (χ1v) is 11.0. The van der Waals surface area contributed by atoms with Crippen molar-refractivity contribution < 1.29 is 4.79 Å². The van der Waals surface area contributed by atoms with Gasteiger partial charge in [-0.2, -0.15) is 0 Å². The van der Waals surface area contributed by atoms with E-state index in [0.717, 1.165) is 35.6 Å². The zero-order valence-corrected chi connectivity index (χ0v) is 17.8. The molecule has 0 radical (unpaired) electrons. The Labute approximate surface area is 185 Å². The van der Waals surface area contributed by atoms with Gasteiger partial charge in [-0.05, 0) is 56.9 Å². The second-order valence-electron chi connectivity index (χ2n) is 8.66. The van der Waals surface area contributed by atoms with Gasteiger partial charge in [0, 0.05) is 18.2 Å². The highest BCUT2D eigenvalue weighted by Gasteiger charge is 2.28. The third kappa shape index (κ3) is 3.57. The fourth-order valence-electron chi connectivity index (χ4n) is 3.98. The quantitative estimate of drug-likeness (QED) is 0.497. The van der Waals surface area contributed by atoms with Crippen molar-refractivity contribution in [1.82, 2.24) is 29.3 Å². The number of hydrogen-bond donors (Lipinski definition) is 1. The Morgan fingerprint density at radius 2 is 1.97 bits per heavy atom. The van der Waals surface area contributed by atoms with Crippen LogP contribution in [0.5, 0.6) is 0 Å². The molecule has 8 heteroatoms. The van der Waals surface area contributed by atoms with E-state index in [1.165, 1.54) is 12.8 Å². The third-order valence-corrected chi connectivity index (χ3v) is 6.01. The lowest BCUT2D eigenvalue weighted by Gasteiger charge is -2.12. The standard InChI is InChI=1S/C24H23N7O/c1-15-5-10-21(30-12-20(25-13-30)16-6-7-16)18(11-15)24(32)28-22-4-2-3-19(27-22)23-29-26-14-31(23)17-8-9-17/h2-5,10-14,16-17H,6-9H2,1H3,(H,27,28,32). The molecule has 0 saturated heterocycles. The maximum absolute atomic E-state index is 13.3. The van der Waals surface area contributed by atoms with Crippen molar-refractivity contribution in [1.29, 1.82) is 0 Å². The number of amides is 1. The molecule has 3 aromatic heterocycles. The van der Waals surface area contributed by atoms with Crippen LogP contribution in [0, 0.1) is 6.92 Å². The summed E-state index contributed by atoms with van der Waals surface area (Å²) in [6.07, 6.45) is 10.2. The van der Waals surface area contributed by atoms with Crippen LogP contribution < -0.4 is 5.32 Å². The number of rotatable bonds is 6. The van der Waals surface area contributed by atoms with E-state index >= 15 is 0 Å². The van der Waals surface area contributed by atoms with Crippen molar-refractivity contribution in [3.63, 3.8) is 0 Å². The maximum Gasteiger partial charge on any atom is 0.258 e. The number of pyridine rings is 1. The van der Waals surface area contributed by atoms with E-state index < -0.39 is 0 Å². The molecule has 0 spiro atoms. The molecule has 1 amide bonds. The van der Waals surface area contributed by atoms with E-state index in [1.807, 2.05) is 48.0 Å². The lowest BCUT2D eigenvalue weighted by molar-refractivity contribution is 0.102. The fraction of sp³-hybridized carbons (Fsp3) is 0.292. The van der Waals surface area contributed by atoms with Crippen LogP contribution in [0.4, 0.5) is 5.82 Å². The molecule has 8 nitrogen and oxygen atoms in total. The number of aromatic nitrogens is 6. The fourth-order valence-corrected chi connectivity index (χ4v) is 3.98. The Morgan fingerprint density at radius 1 is 1.09 bits per heavy atom. The SMILES string of the molecule is Cc1ccc(-n2cnc(C3CC3)c2)c(C(=O)Nc2cccc(-c3nncn3C3CC3)n2)c1. The summed E-state index contributed by atoms with van der Waals surface area (Å²) in [6.45, 7) is 1.98. The van der Waals surface area contributed by atoms with E-state index in [1.54, 1.807) is 18.7 Å². The van der Waals surface area contributed by atoms with Crippen molar-refractivity contribution in [2.45, 2.75) is 44.6 Å². The van der Waals surface area contributed by atoms with Crippen LogP contribution >= 0.6 is 0 Å². The van der Waals surface area contributed by atoms with Crippen molar-refractivity contribution in [3.05, 3.63) is 72.1 Å². The molecule has 6 rings (SSSR count). The molecule has 2 saturated carbocycles. The number of anilines is 1. The van der Waals surface area contributed by atoms with Gasteiger partial charge in [0.1, 0.15) is 17.8 Å². The molecule has 2 aliphatic rings. The molecule has 160 valence electrons. The smallest absolute Gasteiger partial charge is 0.258 e. The minimum atomic E-state index is -0.210. The normalized spacial score (nSPS) is 15.7. The summed E-state index contributed by atoms with van der Waals surface area (Å²) in [5, 5.41) is 11.3. The number of nitrogens with zero attached hydrogens (tertiary/aromatic N) is 6. The largest absolute Gasteiger partial charge is 0.309 e. The first kappa shape index (κ1) is 18.9. The lowest BCUT2D eigenvalue weighted by Crippen LogP contribution is -2.16. The van der Waals surface area contributed by atoms with Crippen LogP contribution in [-0.4, -0.2) is 35.2 Å². The Balaban J connectivity index is 1.29. The van der Waals surface area contributed by atoms with Crippen LogP contribution in [0.3, 0.4) is 0 Å². The van der Waals surface area contributed by atoms with Gasteiger partial charge in [0.2, 0.25) is 0 Å². The van der Waals surface area contributed by atoms with Crippen molar-refractivity contribution in [3.8, 4) is 17.2 Å². The molecule has 3 heterocycles. The van der Waals surface area contributed by atoms with Gasteiger partial charge in [-0.15, -0.1) is 10.2 Å². The van der Waals surface area contributed by atoms with E-state index in [0.29, 0.717) is 29.0 Å². The van der Waals surface area contributed by atoms with E-state index in [-0.39, 0.29) is 5.91 Å². The third-order valence-electron chi connectivity index (χ3n) is 6.01. The predicted molar refractivity (Wildman–Crippen MR) is 120 cm³/mol. The zero-order chi connectivity index (χ0) is 21.7. The van der Waals surface area contributed by atoms with Gasteiger partial charge >= 0.3 is 0 Å². The summed E-state index contributed by atoms with van der Waals surface area (Å²) in [6, 6.07) is 11.9. The van der Waals surface area contributed by atoms with Crippen molar-refractivity contribution in [2.75, 3.05) is 5.32 Å². The average molecular weight is 425 g/mol. The predicted octanol–water partition coefficient (Wildman–Crippen LogP) is 4.30. The molecule has 2 fully saturated rings. The molecule has 2 aliphatic carbocycles. The molecule has 1 aromatic carbocycles. The minimum Gasteiger partial charge on any atom is -0.309 e. The number of carbonyl (C=O) groups excluding carboxylic acids is 1. The highest BCUT2D eigenvalue weighted by molar-refractivity contribution is 6.06. The summed E-state index contributed by atoms with van der Waals surface area (Å²) < 4.78 is 3.99. The molecule has 4 aromatic rings. The molecule has 0 unspecified atom stereocenters. The number of hydrogen-bond acceptors (Lipinski definition) is 5. The summed E-state index contributed by atoms with van der Waals surface area (Å²) in [5.41, 5.74) is 4.18. The van der Waals surface area contributed by atoms with Gasteiger partial charge < -0.3 is 14.5 Å². The molecule has 0 atom stereocenters. The highest BCUT2D eigenvalue weighted by atomic mass is 16.1. The van der Waals surface area contributed by atoms with Gasteiger partial charge in [0.05, 0.1) is 23.3 Å². The Kier molecular flexibility index (Phi) is 4.38. The first-order valence-electron chi connectivity index (χ1n) is 11.0. The minimum absolute atomic E-state index is 0.210. The van der Waals surface area contributed by atoms with Crippen molar-refractivity contribution >= 4 is 11.7 Å². The average Bonchev–Trinajstić information content (AvgIpc) is 3.73. The number of nitrogens with one attached hydrogen (secondary N) is 1. The first-order chi connectivity index (χ1) is 15.7. The number of aryl methyl sites for hydroxylation is 1.